The quantitative estimate of drug-likeness (QED) is 0.864. The molecule has 2 aromatic carbocycles. The molecule has 5 nitrogen and oxygen atoms in total. The second kappa shape index (κ2) is 6.76. The van der Waals surface area contributed by atoms with Gasteiger partial charge in [-0.05, 0) is 42.8 Å². The van der Waals surface area contributed by atoms with Gasteiger partial charge in [-0.15, -0.1) is 0 Å². The van der Waals surface area contributed by atoms with Gasteiger partial charge in [-0.1, -0.05) is 18.1 Å². The van der Waals surface area contributed by atoms with Crippen LogP contribution in [0.1, 0.15) is 29.7 Å². The summed E-state index contributed by atoms with van der Waals surface area (Å²) < 4.78 is 10.5. The molecule has 1 atom stereocenters. The number of nitrogens with zero attached hydrogens (tertiary/aromatic N) is 1. The van der Waals surface area contributed by atoms with E-state index in [0.717, 1.165) is 5.56 Å². The molecule has 1 aliphatic rings. The lowest BCUT2D eigenvalue weighted by atomic mass is 10.1. The van der Waals surface area contributed by atoms with E-state index in [4.69, 9.17) is 14.7 Å². The van der Waals surface area contributed by atoms with E-state index in [0.29, 0.717) is 22.6 Å². The zero-order chi connectivity index (χ0) is 16.9. The van der Waals surface area contributed by atoms with Crippen LogP contribution >= 0.6 is 0 Å². The molecule has 0 bridgehead atoms. The molecule has 0 radical (unpaired) electrons. The van der Waals surface area contributed by atoms with E-state index < -0.39 is 0 Å². The molecular formula is C19H14N2O3. The molecule has 1 amide bonds. The number of rotatable bonds is 2. The summed E-state index contributed by atoms with van der Waals surface area (Å²) in [6.45, 7) is 2.04. The van der Waals surface area contributed by atoms with Gasteiger partial charge in [0.05, 0.1) is 17.7 Å². The van der Waals surface area contributed by atoms with Gasteiger partial charge >= 0.3 is 0 Å². The first-order valence-electron chi connectivity index (χ1n) is 7.38. The highest BCUT2D eigenvalue weighted by atomic mass is 16.7. The van der Waals surface area contributed by atoms with Crippen LogP contribution in [0.5, 0.6) is 11.5 Å². The molecule has 1 N–H and O–H groups in total. The fourth-order valence-corrected chi connectivity index (χ4v) is 2.30. The Bertz CT molecular complexity index is 887. The number of hydrogen-bond donors (Lipinski definition) is 1. The second-order valence-corrected chi connectivity index (χ2v) is 5.25. The van der Waals surface area contributed by atoms with Gasteiger partial charge in [0, 0.05) is 11.5 Å². The number of fused-ring (bicyclic) bond motifs is 1. The van der Waals surface area contributed by atoms with Crippen molar-refractivity contribution in [1.29, 1.82) is 5.26 Å². The van der Waals surface area contributed by atoms with Crippen LogP contribution in [0.3, 0.4) is 0 Å². The molecule has 24 heavy (non-hydrogen) atoms. The third kappa shape index (κ3) is 3.48. The van der Waals surface area contributed by atoms with Crippen molar-refractivity contribution >= 4 is 5.91 Å². The average Bonchev–Trinajstić information content (AvgIpc) is 3.07. The summed E-state index contributed by atoms with van der Waals surface area (Å²) in [5, 5.41) is 11.7. The van der Waals surface area contributed by atoms with Gasteiger partial charge < -0.3 is 14.8 Å². The van der Waals surface area contributed by atoms with Crippen molar-refractivity contribution in [2.45, 2.75) is 13.0 Å². The van der Waals surface area contributed by atoms with E-state index >= 15 is 0 Å². The minimum atomic E-state index is -0.387. The van der Waals surface area contributed by atoms with Crippen LogP contribution in [0.2, 0.25) is 0 Å². The van der Waals surface area contributed by atoms with E-state index in [1.807, 2.05) is 13.0 Å². The highest BCUT2D eigenvalue weighted by Crippen LogP contribution is 2.32. The molecule has 0 spiro atoms. The molecule has 0 fully saturated rings. The van der Waals surface area contributed by atoms with E-state index in [9.17, 15) is 4.79 Å². The summed E-state index contributed by atoms with van der Waals surface area (Å²) >= 11 is 0. The average molecular weight is 318 g/mol. The SMILES string of the molecule is C[C@H](NC(=O)C#Cc1ccc2c(c1)OCO2)c1cccc(C#N)c1. The van der Waals surface area contributed by atoms with Crippen LogP contribution in [0.15, 0.2) is 42.5 Å². The molecule has 5 heteroatoms. The molecule has 0 aliphatic carbocycles. The Morgan fingerprint density at radius 3 is 2.83 bits per heavy atom. The van der Waals surface area contributed by atoms with Gasteiger partial charge in [-0.2, -0.15) is 5.26 Å². The summed E-state index contributed by atoms with van der Waals surface area (Å²) in [6.07, 6.45) is 0. The van der Waals surface area contributed by atoms with Crippen LogP contribution in [0.25, 0.3) is 0 Å². The number of carbonyl (C=O) groups excluding carboxylic acids is 1. The van der Waals surface area contributed by atoms with E-state index in [1.54, 1.807) is 36.4 Å². The number of ether oxygens (including phenoxy) is 2. The standard InChI is InChI=1S/C19H14N2O3/c1-13(16-4-2-3-15(9-16)11-20)21-19(22)8-6-14-5-7-17-18(10-14)24-12-23-17/h2-5,7,9-10,13H,12H2,1H3,(H,21,22)/t13-/m0/s1. The maximum absolute atomic E-state index is 12.0. The molecule has 0 unspecified atom stereocenters. The summed E-state index contributed by atoms with van der Waals surface area (Å²) in [5.41, 5.74) is 2.08. The number of nitrogens with one attached hydrogen (secondary N) is 1. The summed E-state index contributed by atoms with van der Waals surface area (Å²) in [4.78, 5) is 12.0. The van der Waals surface area contributed by atoms with Crippen LogP contribution in [-0.2, 0) is 4.79 Å². The van der Waals surface area contributed by atoms with Crippen LogP contribution in [-0.4, -0.2) is 12.7 Å². The summed E-state index contributed by atoms with van der Waals surface area (Å²) in [7, 11) is 0. The topological polar surface area (TPSA) is 71.3 Å². The second-order valence-electron chi connectivity index (χ2n) is 5.25. The minimum absolute atomic E-state index is 0.200. The van der Waals surface area contributed by atoms with Gasteiger partial charge in [0.1, 0.15) is 0 Å². The third-order valence-electron chi connectivity index (χ3n) is 3.56. The number of benzene rings is 2. The van der Waals surface area contributed by atoms with Crippen molar-refractivity contribution in [3.63, 3.8) is 0 Å². The number of amides is 1. The Kier molecular flexibility index (Phi) is 4.36. The fraction of sp³-hybridized carbons (Fsp3) is 0.158. The Labute approximate surface area is 139 Å². The van der Waals surface area contributed by atoms with E-state index in [-0.39, 0.29) is 18.7 Å². The highest BCUT2D eigenvalue weighted by Gasteiger charge is 2.12. The first kappa shape index (κ1) is 15.5. The van der Waals surface area contributed by atoms with Gasteiger partial charge in [-0.3, -0.25) is 4.79 Å². The van der Waals surface area contributed by atoms with Gasteiger partial charge in [0.25, 0.3) is 5.91 Å². The monoisotopic (exact) mass is 318 g/mol. The Balaban J connectivity index is 1.66. The van der Waals surface area contributed by atoms with Gasteiger partial charge in [0.2, 0.25) is 6.79 Å². The Morgan fingerprint density at radius 1 is 1.17 bits per heavy atom. The normalized spacial score (nSPS) is 12.5. The minimum Gasteiger partial charge on any atom is -0.454 e. The predicted octanol–water partition coefficient (Wildman–Crippen LogP) is 2.52. The first-order valence-corrected chi connectivity index (χ1v) is 7.38. The predicted molar refractivity (Wildman–Crippen MR) is 87.2 cm³/mol. The largest absolute Gasteiger partial charge is 0.454 e. The lowest BCUT2D eigenvalue weighted by Gasteiger charge is -2.12. The zero-order valence-corrected chi connectivity index (χ0v) is 13.0. The fourth-order valence-electron chi connectivity index (χ4n) is 2.30. The van der Waals surface area contributed by atoms with Crippen molar-refractivity contribution in [1.82, 2.24) is 5.32 Å². The summed E-state index contributed by atoms with van der Waals surface area (Å²) in [6, 6.07) is 14.2. The lowest BCUT2D eigenvalue weighted by Crippen LogP contribution is -2.25. The van der Waals surface area contributed by atoms with E-state index in [2.05, 4.69) is 23.2 Å². The van der Waals surface area contributed by atoms with E-state index in [1.165, 1.54) is 0 Å². The molecule has 0 aromatic heterocycles. The number of hydrogen-bond acceptors (Lipinski definition) is 4. The highest BCUT2D eigenvalue weighted by molar-refractivity contribution is 5.94. The molecule has 1 heterocycles. The molecule has 0 saturated carbocycles. The molecule has 2 aromatic rings. The van der Waals surface area contributed by atoms with Crippen molar-refractivity contribution in [2.75, 3.05) is 6.79 Å². The first-order chi connectivity index (χ1) is 11.7. The Hall–Kier alpha value is -3.44. The van der Waals surface area contributed by atoms with Gasteiger partial charge in [0.15, 0.2) is 11.5 Å². The van der Waals surface area contributed by atoms with Crippen LogP contribution in [0.4, 0.5) is 0 Å². The molecule has 3 rings (SSSR count). The zero-order valence-electron chi connectivity index (χ0n) is 13.0. The maximum Gasteiger partial charge on any atom is 0.296 e. The smallest absolute Gasteiger partial charge is 0.296 e. The van der Waals surface area contributed by atoms with Crippen molar-refractivity contribution < 1.29 is 14.3 Å². The molecule has 1 aliphatic heterocycles. The number of nitriles is 1. The maximum atomic E-state index is 12.0. The van der Waals surface area contributed by atoms with Crippen LogP contribution < -0.4 is 14.8 Å². The summed E-state index contributed by atoms with van der Waals surface area (Å²) in [5.74, 6) is 6.28. The molecule has 118 valence electrons. The number of carbonyl (C=O) groups is 1. The van der Waals surface area contributed by atoms with Crippen molar-refractivity contribution in [2.24, 2.45) is 0 Å². The van der Waals surface area contributed by atoms with Crippen LogP contribution in [0, 0.1) is 23.2 Å². The molecular weight excluding hydrogens is 304 g/mol. The Morgan fingerprint density at radius 2 is 2.00 bits per heavy atom. The van der Waals surface area contributed by atoms with Gasteiger partial charge in [-0.25, -0.2) is 0 Å². The lowest BCUT2D eigenvalue weighted by molar-refractivity contribution is -0.116. The third-order valence-corrected chi connectivity index (χ3v) is 3.56. The van der Waals surface area contributed by atoms with Crippen molar-refractivity contribution in [3.05, 3.63) is 59.2 Å². The van der Waals surface area contributed by atoms with Crippen molar-refractivity contribution in [3.8, 4) is 29.4 Å². The molecule has 0 saturated heterocycles.